The van der Waals surface area contributed by atoms with Crippen LogP contribution in [-0.4, -0.2) is 16.9 Å². The van der Waals surface area contributed by atoms with E-state index in [1.807, 2.05) is 24.3 Å². The monoisotopic (exact) mass is 468 g/mol. The number of benzene rings is 3. The van der Waals surface area contributed by atoms with Crippen molar-refractivity contribution >= 4 is 56.4 Å². The molecule has 7 heteroatoms. The normalized spacial score (nSPS) is 10.1. The van der Waals surface area contributed by atoms with Gasteiger partial charge in [0.05, 0.1) is 0 Å². The lowest BCUT2D eigenvalue weighted by Crippen LogP contribution is -2.16. The summed E-state index contributed by atoms with van der Waals surface area (Å²) in [5.41, 5.74) is 2.53. The minimum atomic E-state index is -0.221. The first-order chi connectivity index (χ1) is 13.9. The molecule has 29 heavy (non-hydrogen) atoms. The van der Waals surface area contributed by atoms with Crippen LogP contribution in [-0.2, 0) is 0 Å². The third kappa shape index (κ3) is 5.97. The Morgan fingerprint density at radius 3 is 2.14 bits per heavy atom. The maximum Gasteiger partial charge on any atom is 0.266 e. The fourth-order valence-electron chi connectivity index (χ4n) is 2.48. The fourth-order valence-corrected chi connectivity index (χ4v) is 3.10. The van der Waals surface area contributed by atoms with Crippen molar-refractivity contribution in [3.05, 3.63) is 88.4 Å². The van der Waals surface area contributed by atoms with Gasteiger partial charge in [-0.15, -0.1) is 0 Å². The first-order valence-corrected chi connectivity index (χ1v) is 9.87. The first-order valence-electron chi connectivity index (χ1n) is 8.67. The molecule has 0 radical (unpaired) electrons. The van der Waals surface area contributed by atoms with Crippen LogP contribution in [0, 0.1) is 0 Å². The zero-order chi connectivity index (χ0) is 20.8. The smallest absolute Gasteiger partial charge is 0.266 e. The summed E-state index contributed by atoms with van der Waals surface area (Å²) in [5.74, 6) is 0.280. The Hall–Kier alpha value is -3.03. The average Bonchev–Trinajstić information content (AvgIpc) is 2.69. The zero-order valence-electron chi connectivity index (χ0n) is 15.4. The highest BCUT2D eigenvalue weighted by Gasteiger charge is 2.08. The van der Waals surface area contributed by atoms with Crippen LogP contribution >= 0.6 is 28.1 Å². The van der Waals surface area contributed by atoms with E-state index in [0.29, 0.717) is 28.3 Å². The maximum absolute atomic E-state index is 12.3. The van der Waals surface area contributed by atoms with Gasteiger partial charge in [-0.1, -0.05) is 22.0 Å². The van der Waals surface area contributed by atoms with E-state index in [4.69, 9.17) is 17.0 Å². The molecule has 0 aliphatic rings. The molecule has 0 bridgehead atoms. The predicted octanol–water partition coefficient (Wildman–Crippen LogP) is 5.68. The van der Waals surface area contributed by atoms with Crippen molar-refractivity contribution < 1.29 is 14.3 Å². The van der Waals surface area contributed by atoms with Crippen molar-refractivity contribution in [2.75, 3.05) is 10.6 Å². The summed E-state index contributed by atoms with van der Waals surface area (Å²) in [7, 11) is 0. The number of hydrogen-bond acceptors (Lipinski definition) is 4. The van der Waals surface area contributed by atoms with Crippen molar-refractivity contribution in [1.82, 2.24) is 0 Å². The summed E-state index contributed by atoms with van der Waals surface area (Å²) in [4.78, 5) is 23.7. The van der Waals surface area contributed by atoms with E-state index >= 15 is 0 Å². The number of ether oxygens (including phenoxy) is 1. The van der Waals surface area contributed by atoms with Crippen LogP contribution in [0.25, 0.3) is 0 Å². The van der Waals surface area contributed by atoms with Crippen LogP contribution in [0.1, 0.15) is 27.6 Å². The molecule has 3 rings (SSSR count). The van der Waals surface area contributed by atoms with E-state index in [-0.39, 0.29) is 16.9 Å². The van der Waals surface area contributed by atoms with E-state index in [1.165, 1.54) is 6.92 Å². The standard InChI is InChI=1S/C22H17BrN2O3S/c1-14(26)15-5-9-18(10-6-15)25-22(29)28-20-11-7-16(8-12-20)21(27)24-19-4-2-3-17(23)13-19/h2-13H,1H3,(H,24,27)(H,25,29). The van der Waals surface area contributed by atoms with E-state index in [2.05, 4.69) is 26.6 Å². The van der Waals surface area contributed by atoms with Crippen LogP contribution in [0.3, 0.4) is 0 Å². The van der Waals surface area contributed by atoms with Gasteiger partial charge in [0, 0.05) is 27.0 Å². The van der Waals surface area contributed by atoms with E-state index in [9.17, 15) is 9.59 Å². The molecule has 1 amide bonds. The molecular weight excluding hydrogens is 452 g/mol. The average molecular weight is 469 g/mol. The van der Waals surface area contributed by atoms with E-state index < -0.39 is 0 Å². The van der Waals surface area contributed by atoms with Crippen LogP contribution in [0.15, 0.2) is 77.3 Å². The molecule has 0 fully saturated rings. The molecule has 0 aromatic heterocycles. The second-order valence-electron chi connectivity index (χ2n) is 6.14. The molecule has 0 saturated carbocycles. The molecule has 0 saturated heterocycles. The number of anilines is 2. The zero-order valence-corrected chi connectivity index (χ0v) is 17.8. The molecule has 0 aliphatic carbocycles. The lowest BCUT2D eigenvalue weighted by Gasteiger charge is -2.10. The van der Waals surface area contributed by atoms with Crippen molar-refractivity contribution in [3.63, 3.8) is 0 Å². The molecule has 0 aliphatic heterocycles. The number of carbonyl (C=O) groups is 2. The largest absolute Gasteiger partial charge is 0.432 e. The lowest BCUT2D eigenvalue weighted by atomic mass is 10.1. The highest BCUT2D eigenvalue weighted by molar-refractivity contribution is 9.10. The molecule has 146 valence electrons. The summed E-state index contributed by atoms with van der Waals surface area (Å²) < 4.78 is 6.47. The van der Waals surface area contributed by atoms with Gasteiger partial charge >= 0.3 is 0 Å². The molecular formula is C22H17BrN2O3S. The minimum absolute atomic E-state index is 0.000554. The van der Waals surface area contributed by atoms with Crippen molar-refractivity contribution in [2.24, 2.45) is 0 Å². The van der Waals surface area contributed by atoms with Gasteiger partial charge in [0.25, 0.3) is 11.1 Å². The van der Waals surface area contributed by atoms with E-state index in [1.54, 1.807) is 48.5 Å². The Balaban J connectivity index is 1.57. The summed E-state index contributed by atoms with van der Waals surface area (Å²) >= 11 is 8.57. The van der Waals surface area contributed by atoms with Gasteiger partial charge in [0.1, 0.15) is 5.75 Å². The Morgan fingerprint density at radius 2 is 1.52 bits per heavy atom. The quantitative estimate of drug-likeness (QED) is 0.372. The summed E-state index contributed by atoms with van der Waals surface area (Å²) in [5, 5.41) is 5.94. The Bertz CT molecular complexity index is 1050. The molecule has 5 nitrogen and oxygen atoms in total. The number of amides is 1. The summed E-state index contributed by atoms with van der Waals surface area (Å²) in [6, 6.07) is 21.0. The molecule has 0 spiro atoms. The van der Waals surface area contributed by atoms with Gasteiger partial charge in [-0.3, -0.25) is 9.59 Å². The van der Waals surface area contributed by atoms with Crippen LogP contribution in [0.4, 0.5) is 11.4 Å². The highest BCUT2D eigenvalue weighted by Crippen LogP contribution is 2.18. The minimum Gasteiger partial charge on any atom is -0.432 e. The van der Waals surface area contributed by atoms with Gasteiger partial charge in [-0.25, -0.2) is 0 Å². The molecule has 0 heterocycles. The second kappa shape index (κ2) is 9.45. The van der Waals surface area contributed by atoms with Crippen LogP contribution in [0.2, 0.25) is 0 Å². The third-order valence-electron chi connectivity index (χ3n) is 3.95. The number of rotatable bonds is 5. The van der Waals surface area contributed by atoms with Gasteiger partial charge in [-0.2, -0.15) is 0 Å². The number of nitrogens with one attached hydrogen (secondary N) is 2. The Kier molecular flexibility index (Phi) is 6.74. The SMILES string of the molecule is CC(=O)c1ccc(NC(=S)Oc2ccc(C(=O)Nc3cccc(Br)c3)cc2)cc1. The van der Waals surface area contributed by atoms with Crippen LogP contribution < -0.4 is 15.4 Å². The molecule has 3 aromatic carbocycles. The number of halogens is 1. The number of carbonyl (C=O) groups excluding carboxylic acids is 2. The highest BCUT2D eigenvalue weighted by atomic mass is 79.9. The van der Waals surface area contributed by atoms with Crippen molar-refractivity contribution in [1.29, 1.82) is 0 Å². The van der Waals surface area contributed by atoms with Gasteiger partial charge in [0.15, 0.2) is 5.78 Å². The predicted molar refractivity (Wildman–Crippen MR) is 122 cm³/mol. The van der Waals surface area contributed by atoms with E-state index in [0.717, 1.165) is 4.47 Å². The number of Topliss-reactive ketones (excluding diaryl/α,β-unsaturated/α-hetero) is 1. The number of ketones is 1. The number of hydrogen-bond donors (Lipinski definition) is 2. The summed E-state index contributed by atoms with van der Waals surface area (Å²) in [6.45, 7) is 1.51. The van der Waals surface area contributed by atoms with Gasteiger partial charge in [0.2, 0.25) is 0 Å². The van der Waals surface area contributed by atoms with Crippen molar-refractivity contribution in [2.45, 2.75) is 6.92 Å². The second-order valence-corrected chi connectivity index (χ2v) is 7.42. The third-order valence-corrected chi connectivity index (χ3v) is 4.63. The maximum atomic E-state index is 12.3. The first kappa shape index (κ1) is 20.7. The summed E-state index contributed by atoms with van der Waals surface area (Å²) in [6.07, 6.45) is 0. The topological polar surface area (TPSA) is 67.4 Å². The molecule has 3 aromatic rings. The Morgan fingerprint density at radius 1 is 0.862 bits per heavy atom. The molecule has 0 atom stereocenters. The number of thiocarbonyl (C=S) groups is 1. The Labute approximate surface area is 182 Å². The lowest BCUT2D eigenvalue weighted by molar-refractivity contribution is 0.101. The van der Waals surface area contributed by atoms with Crippen LogP contribution in [0.5, 0.6) is 5.75 Å². The van der Waals surface area contributed by atoms with Gasteiger partial charge in [-0.05, 0) is 85.9 Å². The fraction of sp³-hybridized carbons (Fsp3) is 0.0455. The van der Waals surface area contributed by atoms with Gasteiger partial charge < -0.3 is 15.4 Å². The molecule has 0 unspecified atom stereocenters. The van der Waals surface area contributed by atoms with Crippen molar-refractivity contribution in [3.8, 4) is 5.75 Å². The molecule has 2 N–H and O–H groups in total.